The van der Waals surface area contributed by atoms with Gasteiger partial charge in [-0.15, -0.1) is 0 Å². The van der Waals surface area contributed by atoms with Crippen molar-refractivity contribution in [1.29, 1.82) is 0 Å². The molecule has 0 aliphatic rings. The Balaban J connectivity index is 1.96. The van der Waals surface area contributed by atoms with Crippen LogP contribution < -0.4 is 0 Å². The average Bonchev–Trinajstić information content (AvgIpc) is 2.49. The van der Waals surface area contributed by atoms with E-state index in [1.54, 1.807) is 19.2 Å². The van der Waals surface area contributed by atoms with Crippen LogP contribution in [-0.2, 0) is 18.9 Å². The summed E-state index contributed by atoms with van der Waals surface area (Å²) >= 11 is 2.20. The van der Waals surface area contributed by atoms with Gasteiger partial charge in [-0.2, -0.15) is 0 Å². The third-order valence-corrected chi connectivity index (χ3v) is 3.29. The van der Waals surface area contributed by atoms with Crippen LogP contribution in [0.1, 0.15) is 10.4 Å². The zero-order chi connectivity index (χ0) is 15.3. The molecule has 6 heteroatoms. The predicted molar refractivity (Wildman–Crippen MR) is 87.8 cm³/mol. The smallest absolute Gasteiger partial charge is 0.188 e. The van der Waals surface area contributed by atoms with E-state index in [9.17, 15) is 4.79 Å². The molecule has 0 saturated heterocycles. The highest BCUT2D eigenvalue weighted by molar-refractivity contribution is 14.1. The van der Waals surface area contributed by atoms with Gasteiger partial charge in [0.25, 0.3) is 0 Å². The summed E-state index contributed by atoms with van der Waals surface area (Å²) in [7, 11) is 1.63. The van der Waals surface area contributed by atoms with Crippen molar-refractivity contribution in [3.63, 3.8) is 0 Å². The lowest BCUT2D eigenvalue weighted by atomic mass is 10.1. The molecule has 1 aromatic rings. The molecule has 0 spiro atoms. The first-order chi connectivity index (χ1) is 10.2. The van der Waals surface area contributed by atoms with Gasteiger partial charge in [-0.1, -0.05) is 12.1 Å². The van der Waals surface area contributed by atoms with Gasteiger partial charge in [-0.05, 0) is 34.7 Å². The lowest BCUT2D eigenvalue weighted by molar-refractivity contribution is 0.00492. The van der Waals surface area contributed by atoms with Crippen molar-refractivity contribution in [2.24, 2.45) is 0 Å². The van der Waals surface area contributed by atoms with E-state index in [4.69, 9.17) is 18.9 Å². The number of ether oxygens (including phenoxy) is 4. The van der Waals surface area contributed by atoms with Crippen LogP contribution in [-0.4, -0.2) is 59.1 Å². The molecule has 0 atom stereocenters. The number of carbonyl (C=O) groups excluding carboxylic acids is 1. The molecule has 0 radical (unpaired) electrons. The molecule has 0 saturated carbocycles. The summed E-state index contributed by atoms with van der Waals surface area (Å²) in [6.07, 6.45) is 0. The quantitative estimate of drug-likeness (QED) is 0.302. The van der Waals surface area contributed by atoms with E-state index in [-0.39, 0.29) is 12.4 Å². The summed E-state index contributed by atoms with van der Waals surface area (Å²) in [4.78, 5) is 11.8. The van der Waals surface area contributed by atoms with Crippen molar-refractivity contribution in [3.05, 3.63) is 33.4 Å². The second-order valence-electron chi connectivity index (χ2n) is 4.20. The SMILES string of the molecule is COCCOCCOCCOCC(=O)c1ccc(I)cc1. The van der Waals surface area contributed by atoms with E-state index in [0.29, 0.717) is 45.2 Å². The molecule has 1 aromatic carbocycles. The van der Waals surface area contributed by atoms with E-state index in [1.807, 2.05) is 12.1 Å². The first-order valence-electron chi connectivity index (χ1n) is 6.75. The molecule has 0 fully saturated rings. The van der Waals surface area contributed by atoms with E-state index >= 15 is 0 Å². The molecule has 0 aliphatic heterocycles. The van der Waals surface area contributed by atoms with Gasteiger partial charge in [0, 0.05) is 16.2 Å². The Morgan fingerprint density at radius 1 is 0.905 bits per heavy atom. The molecule has 21 heavy (non-hydrogen) atoms. The number of carbonyl (C=O) groups is 1. The molecule has 118 valence electrons. The molecule has 0 aromatic heterocycles. The number of hydrogen-bond donors (Lipinski definition) is 0. The fraction of sp³-hybridized carbons (Fsp3) is 0.533. The van der Waals surface area contributed by atoms with Crippen LogP contribution in [0.5, 0.6) is 0 Å². The maximum absolute atomic E-state index is 11.8. The number of benzene rings is 1. The summed E-state index contributed by atoms with van der Waals surface area (Å²) < 4.78 is 21.8. The van der Waals surface area contributed by atoms with Gasteiger partial charge in [0.05, 0.1) is 39.6 Å². The second-order valence-corrected chi connectivity index (χ2v) is 5.45. The zero-order valence-corrected chi connectivity index (χ0v) is 14.3. The van der Waals surface area contributed by atoms with Crippen molar-refractivity contribution >= 4 is 28.4 Å². The van der Waals surface area contributed by atoms with Gasteiger partial charge >= 0.3 is 0 Å². The van der Waals surface area contributed by atoms with Gasteiger partial charge in [-0.3, -0.25) is 4.79 Å². The van der Waals surface area contributed by atoms with Gasteiger partial charge in [-0.25, -0.2) is 0 Å². The van der Waals surface area contributed by atoms with Crippen LogP contribution >= 0.6 is 22.6 Å². The highest BCUT2D eigenvalue weighted by atomic mass is 127. The van der Waals surface area contributed by atoms with E-state index in [1.165, 1.54) is 0 Å². The number of ketones is 1. The largest absolute Gasteiger partial charge is 0.382 e. The molecule has 5 nitrogen and oxygen atoms in total. The van der Waals surface area contributed by atoms with Crippen molar-refractivity contribution < 1.29 is 23.7 Å². The van der Waals surface area contributed by atoms with Gasteiger partial charge in [0.1, 0.15) is 6.61 Å². The third-order valence-electron chi connectivity index (χ3n) is 2.58. The Morgan fingerprint density at radius 2 is 1.43 bits per heavy atom. The van der Waals surface area contributed by atoms with Gasteiger partial charge in [0.2, 0.25) is 0 Å². The Hall–Kier alpha value is -0.540. The summed E-state index contributed by atoms with van der Waals surface area (Å²) in [5.41, 5.74) is 0.669. The maximum Gasteiger partial charge on any atom is 0.188 e. The van der Waals surface area contributed by atoms with Crippen molar-refractivity contribution in [1.82, 2.24) is 0 Å². The fourth-order valence-corrected chi connectivity index (χ4v) is 1.83. The molecule has 0 bridgehead atoms. The van der Waals surface area contributed by atoms with Crippen molar-refractivity contribution in [2.75, 3.05) is 53.4 Å². The maximum atomic E-state index is 11.8. The standard InChI is InChI=1S/C15H21IO5/c1-18-6-7-19-8-9-20-10-11-21-12-15(17)13-2-4-14(16)5-3-13/h2-5H,6-12H2,1H3. The average molecular weight is 408 g/mol. The van der Waals surface area contributed by atoms with Crippen LogP contribution in [0, 0.1) is 3.57 Å². The monoisotopic (exact) mass is 408 g/mol. The Kier molecular flexibility index (Phi) is 10.6. The molecule has 1 rings (SSSR count). The molecule has 0 unspecified atom stereocenters. The van der Waals surface area contributed by atoms with Crippen LogP contribution in [0.2, 0.25) is 0 Å². The lowest BCUT2D eigenvalue weighted by Crippen LogP contribution is -2.14. The van der Waals surface area contributed by atoms with Crippen molar-refractivity contribution in [2.45, 2.75) is 0 Å². The van der Waals surface area contributed by atoms with Gasteiger partial charge in [0.15, 0.2) is 5.78 Å². The fourth-order valence-electron chi connectivity index (χ4n) is 1.47. The summed E-state index contributed by atoms with van der Waals surface area (Å²) in [5.74, 6) is -0.0192. The first-order valence-corrected chi connectivity index (χ1v) is 7.83. The molecule has 0 N–H and O–H groups in total. The van der Waals surface area contributed by atoms with E-state index in [2.05, 4.69) is 22.6 Å². The number of rotatable bonds is 12. The van der Waals surface area contributed by atoms with Crippen LogP contribution in [0.4, 0.5) is 0 Å². The minimum atomic E-state index is -0.0192. The molecular formula is C15H21IO5. The third kappa shape index (κ3) is 9.15. The molecule has 0 heterocycles. The highest BCUT2D eigenvalue weighted by Gasteiger charge is 2.05. The second kappa shape index (κ2) is 12.0. The normalized spacial score (nSPS) is 10.8. The van der Waals surface area contributed by atoms with E-state index in [0.717, 1.165) is 3.57 Å². The zero-order valence-electron chi connectivity index (χ0n) is 12.2. The molecular weight excluding hydrogens is 387 g/mol. The first kappa shape index (κ1) is 18.5. The Morgan fingerprint density at radius 3 is 2.00 bits per heavy atom. The molecule has 0 aliphatic carbocycles. The van der Waals surface area contributed by atoms with Crippen LogP contribution in [0.3, 0.4) is 0 Å². The minimum absolute atomic E-state index is 0.0192. The number of hydrogen-bond acceptors (Lipinski definition) is 5. The summed E-state index contributed by atoms with van der Waals surface area (Å²) in [6, 6.07) is 7.42. The number of halogens is 1. The predicted octanol–water partition coefficient (Wildman–Crippen LogP) is 2.17. The molecule has 0 amide bonds. The van der Waals surface area contributed by atoms with Crippen LogP contribution in [0.15, 0.2) is 24.3 Å². The van der Waals surface area contributed by atoms with Crippen molar-refractivity contribution in [3.8, 4) is 0 Å². The van der Waals surface area contributed by atoms with E-state index < -0.39 is 0 Å². The van der Waals surface area contributed by atoms with Crippen LogP contribution in [0.25, 0.3) is 0 Å². The summed E-state index contributed by atoms with van der Waals surface area (Å²) in [5, 5.41) is 0. The van der Waals surface area contributed by atoms with Gasteiger partial charge < -0.3 is 18.9 Å². The Labute approximate surface area is 139 Å². The lowest BCUT2D eigenvalue weighted by Gasteiger charge is -2.06. The highest BCUT2D eigenvalue weighted by Crippen LogP contribution is 2.07. The Bertz CT molecular complexity index is 394. The number of methoxy groups -OCH3 is 1. The summed E-state index contributed by atoms with van der Waals surface area (Å²) in [6.45, 7) is 3.13. The number of Topliss-reactive ketones (excluding diaryl/α,β-unsaturated/α-hetero) is 1. The topological polar surface area (TPSA) is 54.0 Å². The minimum Gasteiger partial charge on any atom is -0.382 e.